The average Bonchev–Trinajstić information content (AvgIpc) is 3.14. The van der Waals surface area contributed by atoms with E-state index in [1.165, 1.54) is 0 Å². The number of anilines is 1. The van der Waals surface area contributed by atoms with Gasteiger partial charge in [0, 0.05) is 6.20 Å². The first-order valence-corrected chi connectivity index (χ1v) is 6.52. The van der Waals surface area contributed by atoms with Crippen molar-refractivity contribution in [3.8, 4) is 17.1 Å². The standard InChI is InChI=1S/C15H12N6/c16-13-7-6-12-15(19-13)20-14(18-12)10-8-17-21(9-10)11-4-2-1-3-5-11/h1-9H,(H3,16,18,19,20). The molecule has 4 aromatic rings. The van der Waals surface area contributed by atoms with Crippen LogP contribution in [0.3, 0.4) is 0 Å². The normalized spacial score (nSPS) is 11.0. The second-order valence-corrected chi connectivity index (χ2v) is 4.70. The number of nitrogens with two attached hydrogens (primary N) is 1. The summed E-state index contributed by atoms with van der Waals surface area (Å²) in [6.45, 7) is 0. The van der Waals surface area contributed by atoms with Crippen LogP contribution in [0, 0.1) is 0 Å². The highest BCUT2D eigenvalue weighted by atomic mass is 15.3. The van der Waals surface area contributed by atoms with E-state index < -0.39 is 0 Å². The minimum absolute atomic E-state index is 0.459. The highest BCUT2D eigenvalue weighted by molar-refractivity contribution is 5.77. The van der Waals surface area contributed by atoms with E-state index in [0.29, 0.717) is 11.5 Å². The van der Waals surface area contributed by atoms with Crippen molar-refractivity contribution in [3.05, 3.63) is 54.9 Å². The number of rotatable bonds is 2. The first-order chi connectivity index (χ1) is 10.3. The van der Waals surface area contributed by atoms with Crippen molar-refractivity contribution in [3.63, 3.8) is 0 Å². The molecule has 0 spiro atoms. The molecule has 102 valence electrons. The molecule has 0 atom stereocenters. The number of H-pyrrole nitrogens is 1. The van der Waals surface area contributed by atoms with Gasteiger partial charge in [0.15, 0.2) is 5.65 Å². The maximum atomic E-state index is 5.67. The summed E-state index contributed by atoms with van der Waals surface area (Å²) in [7, 11) is 0. The molecule has 3 aromatic heterocycles. The molecule has 0 radical (unpaired) electrons. The maximum absolute atomic E-state index is 5.67. The lowest BCUT2D eigenvalue weighted by atomic mass is 10.3. The van der Waals surface area contributed by atoms with E-state index >= 15 is 0 Å². The predicted octanol–water partition coefficient (Wildman–Crippen LogP) is 2.39. The number of benzene rings is 1. The maximum Gasteiger partial charge on any atom is 0.180 e. The molecule has 0 aliphatic rings. The minimum atomic E-state index is 0.459. The van der Waals surface area contributed by atoms with Gasteiger partial charge in [-0.1, -0.05) is 18.2 Å². The van der Waals surface area contributed by atoms with Gasteiger partial charge in [-0.25, -0.2) is 14.6 Å². The summed E-state index contributed by atoms with van der Waals surface area (Å²) in [5.74, 6) is 1.19. The van der Waals surface area contributed by atoms with Crippen LogP contribution in [-0.2, 0) is 0 Å². The molecule has 0 fully saturated rings. The number of pyridine rings is 1. The Kier molecular flexibility index (Phi) is 2.47. The second kappa shape index (κ2) is 4.45. The number of nitrogens with zero attached hydrogens (tertiary/aromatic N) is 4. The monoisotopic (exact) mass is 276 g/mol. The van der Waals surface area contributed by atoms with Crippen LogP contribution in [0.1, 0.15) is 0 Å². The Balaban J connectivity index is 1.77. The first kappa shape index (κ1) is 11.7. The van der Waals surface area contributed by atoms with Gasteiger partial charge < -0.3 is 10.7 Å². The molecule has 1 aromatic carbocycles. The van der Waals surface area contributed by atoms with Crippen molar-refractivity contribution in [2.75, 3.05) is 5.73 Å². The lowest BCUT2D eigenvalue weighted by Gasteiger charge is -1.98. The van der Waals surface area contributed by atoms with Gasteiger partial charge in [0.05, 0.1) is 23.0 Å². The molecule has 6 nitrogen and oxygen atoms in total. The molecule has 6 heteroatoms. The molecule has 0 amide bonds. The van der Waals surface area contributed by atoms with E-state index in [1.54, 1.807) is 12.3 Å². The molecule has 4 rings (SSSR count). The van der Waals surface area contributed by atoms with Crippen molar-refractivity contribution in [2.24, 2.45) is 0 Å². The summed E-state index contributed by atoms with van der Waals surface area (Å²) in [6, 6.07) is 13.5. The van der Waals surface area contributed by atoms with Crippen LogP contribution in [0.15, 0.2) is 54.9 Å². The zero-order valence-corrected chi connectivity index (χ0v) is 11.1. The van der Waals surface area contributed by atoms with Crippen LogP contribution >= 0.6 is 0 Å². The highest BCUT2D eigenvalue weighted by Gasteiger charge is 2.09. The molecule has 0 aliphatic carbocycles. The highest BCUT2D eigenvalue weighted by Crippen LogP contribution is 2.20. The molecule has 0 saturated carbocycles. The third-order valence-electron chi connectivity index (χ3n) is 3.24. The molecule has 0 bridgehead atoms. The third kappa shape index (κ3) is 2.02. The predicted molar refractivity (Wildman–Crippen MR) is 80.9 cm³/mol. The topological polar surface area (TPSA) is 85.4 Å². The molecule has 3 heterocycles. The molecule has 0 aliphatic heterocycles. The smallest absolute Gasteiger partial charge is 0.180 e. The van der Waals surface area contributed by atoms with E-state index in [-0.39, 0.29) is 0 Å². The average molecular weight is 276 g/mol. The van der Waals surface area contributed by atoms with Crippen LogP contribution in [0.25, 0.3) is 28.2 Å². The Hall–Kier alpha value is -3.15. The van der Waals surface area contributed by atoms with Crippen molar-refractivity contribution in [2.45, 2.75) is 0 Å². The van der Waals surface area contributed by atoms with Gasteiger partial charge >= 0.3 is 0 Å². The Labute approximate surface area is 120 Å². The van der Waals surface area contributed by atoms with Crippen molar-refractivity contribution >= 4 is 17.0 Å². The van der Waals surface area contributed by atoms with Crippen molar-refractivity contribution < 1.29 is 0 Å². The molecule has 0 saturated heterocycles. The van der Waals surface area contributed by atoms with Gasteiger partial charge in [-0.2, -0.15) is 5.10 Å². The Morgan fingerprint density at radius 3 is 2.71 bits per heavy atom. The van der Waals surface area contributed by atoms with Gasteiger partial charge in [0.2, 0.25) is 0 Å². The lowest BCUT2D eigenvalue weighted by Crippen LogP contribution is -1.92. The van der Waals surface area contributed by atoms with Crippen LogP contribution < -0.4 is 5.73 Å². The molecular formula is C15H12N6. The Bertz CT molecular complexity index is 906. The summed E-state index contributed by atoms with van der Waals surface area (Å²) in [5.41, 5.74) is 9.03. The number of aromatic amines is 1. The van der Waals surface area contributed by atoms with Crippen molar-refractivity contribution in [1.29, 1.82) is 0 Å². The largest absolute Gasteiger partial charge is 0.384 e. The fourth-order valence-electron chi connectivity index (χ4n) is 2.21. The summed E-state index contributed by atoms with van der Waals surface area (Å²) in [4.78, 5) is 11.9. The fraction of sp³-hybridized carbons (Fsp3) is 0. The number of nitrogens with one attached hydrogen (secondary N) is 1. The van der Waals surface area contributed by atoms with Gasteiger partial charge in [0.25, 0.3) is 0 Å². The molecule has 0 unspecified atom stereocenters. The molecule has 3 N–H and O–H groups in total. The fourth-order valence-corrected chi connectivity index (χ4v) is 2.21. The van der Waals surface area contributed by atoms with Gasteiger partial charge in [-0.05, 0) is 24.3 Å². The zero-order chi connectivity index (χ0) is 14.2. The van der Waals surface area contributed by atoms with Gasteiger partial charge in [-0.3, -0.25) is 0 Å². The van der Waals surface area contributed by atoms with Gasteiger partial charge in [-0.15, -0.1) is 0 Å². The van der Waals surface area contributed by atoms with Gasteiger partial charge in [0.1, 0.15) is 11.6 Å². The first-order valence-electron chi connectivity index (χ1n) is 6.52. The Morgan fingerprint density at radius 1 is 1.00 bits per heavy atom. The van der Waals surface area contributed by atoms with E-state index in [1.807, 2.05) is 47.3 Å². The molecule has 21 heavy (non-hydrogen) atoms. The van der Waals surface area contributed by atoms with Crippen LogP contribution in [-0.4, -0.2) is 24.7 Å². The number of hydrogen-bond acceptors (Lipinski definition) is 4. The van der Waals surface area contributed by atoms with E-state index in [9.17, 15) is 0 Å². The number of fused-ring (bicyclic) bond motifs is 1. The number of nitrogen functional groups attached to an aromatic ring is 1. The lowest BCUT2D eigenvalue weighted by molar-refractivity contribution is 0.880. The Morgan fingerprint density at radius 2 is 1.86 bits per heavy atom. The van der Waals surface area contributed by atoms with E-state index in [2.05, 4.69) is 20.1 Å². The third-order valence-corrected chi connectivity index (χ3v) is 3.24. The SMILES string of the molecule is Nc1ccc2[nH]c(-c3cnn(-c4ccccc4)c3)nc2n1. The summed E-state index contributed by atoms with van der Waals surface area (Å²) < 4.78 is 1.81. The van der Waals surface area contributed by atoms with Crippen LogP contribution in [0.4, 0.5) is 5.82 Å². The quantitative estimate of drug-likeness (QED) is 0.588. The van der Waals surface area contributed by atoms with Crippen molar-refractivity contribution in [1.82, 2.24) is 24.7 Å². The minimum Gasteiger partial charge on any atom is -0.384 e. The number of aromatic nitrogens is 5. The summed E-state index contributed by atoms with van der Waals surface area (Å²) in [6.07, 6.45) is 3.70. The number of para-hydroxylation sites is 1. The second-order valence-electron chi connectivity index (χ2n) is 4.70. The molecular weight excluding hydrogens is 264 g/mol. The zero-order valence-electron chi connectivity index (χ0n) is 11.1. The number of imidazole rings is 1. The summed E-state index contributed by atoms with van der Waals surface area (Å²) >= 11 is 0. The summed E-state index contributed by atoms with van der Waals surface area (Å²) in [5, 5.41) is 4.36. The van der Waals surface area contributed by atoms with Crippen LogP contribution in [0.5, 0.6) is 0 Å². The number of hydrogen-bond donors (Lipinski definition) is 2. The van der Waals surface area contributed by atoms with E-state index in [4.69, 9.17) is 5.73 Å². The van der Waals surface area contributed by atoms with E-state index in [0.717, 1.165) is 22.6 Å². The van der Waals surface area contributed by atoms with Crippen LogP contribution in [0.2, 0.25) is 0 Å².